The van der Waals surface area contributed by atoms with Crippen LogP contribution < -0.4 is 20.1 Å². The minimum Gasteiger partial charge on any atom is -0.496 e. The summed E-state index contributed by atoms with van der Waals surface area (Å²) in [5, 5.41) is 6.66. The molecular formula is C19H26N4O2. The molecule has 6 heteroatoms. The van der Waals surface area contributed by atoms with Crippen molar-refractivity contribution in [2.45, 2.75) is 32.5 Å². The van der Waals surface area contributed by atoms with E-state index in [1.165, 1.54) is 11.1 Å². The molecule has 134 valence electrons. The zero-order valence-corrected chi connectivity index (χ0v) is 15.3. The van der Waals surface area contributed by atoms with Gasteiger partial charge in [-0.2, -0.15) is 0 Å². The van der Waals surface area contributed by atoms with Crippen LogP contribution >= 0.6 is 0 Å². The third kappa shape index (κ3) is 4.07. The van der Waals surface area contributed by atoms with Crippen LogP contribution in [0.25, 0.3) is 0 Å². The summed E-state index contributed by atoms with van der Waals surface area (Å²) in [5.74, 6) is 2.58. The molecule has 0 radical (unpaired) electrons. The van der Waals surface area contributed by atoms with Gasteiger partial charge in [0.2, 0.25) is 0 Å². The van der Waals surface area contributed by atoms with E-state index in [2.05, 4.69) is 46.9 Å². The molecule has 2 heterocycles. The zero-order chi connectivity index (χ0) is 17.8. The van der Waals surface area contributed by atoms with Crippen molar-refractivity contribution in [3.05, 3.63) is 47.3 Å². The van der Waals surface area contributed by atoms with E-state index in [1.807, 2.05) is 17.8 Å². The molecule has 2 N–H and O–H groups in total. The van der Waals surface area contributed by atoms with Crippen LogP contribution in [0.15, 0.2) is 35.6 Å². The van der Waals surface area contributed by atoms with Crippen molar-refractivity contribution in [2.75, 3.05) is 14.2 Å². The highest BCUT2D eigenvalue weighted by atomic mass is 16.5. The van der Waals surface area contributed by atoms with Crippen LogP contribution in [-0.4, -0.2) is 30.8 Å². The Balaban J connectivity index is 1.62. The maximum atomic E-state index is 5.86. The number of methoxy groups -OCH3 is 1. The molecule has 1 aromatic carbocycles. The standard InChI is InChI=1S/C19H26N4O2/c1-13-7-15-8-17(24-4)16(9-18(15)25-13)11-22-19(20-2)21-10-14-5-6-23(3)12-14/h5-6,8-9,12-13H,7,10-11H2,1-4H3,(H2,20,21,22). The van der Waals surface area contributed by atoms with Crippen LogP contribution in [0.2, 0.25) is 0 Å². The van der Waals surface area contributed by atoms with Crippen molar-refractivity contribution in [2.24, 2.45) is 12.0 Å². The molecule has 0 bridgehead atoms. The molecule has 1 unspecified atom stereocenters. The molecule has 3 rings (SSSR count). The Morgan fingerprint density at radius 3 is 2.84 bits per heavy atom. The molecule has 1 aliphatic rings. The molecule has 1 aromatic heterocycles. The molecule has 0 aliphatic carbocycles. The number of guanidine groups is 1. The van der Waals surface area contributed by atoms with Crippen molar-refractivity contribution in [3.8, 4) is 11.5 Å². The van der Waals surface area contributed by atoms with E-state index in [9.17, 15) is 0 Å². The lowest BCUT2D eigenvalue weighted by molar-refractivity contribution is 0.254. The van der Waals surface area contributed by atoms with Crippen LogP contribution in [0.5, 0.6) is 11.5 Å². The minimum absolute atomic E-state index is 0.225. The van der Waals surface area contributed by atoms with E-state index in [-0.39, 0.29) is 6.10 Å². The van der Waals surface area contributed by atoms with Gasteiger partial charge < -0.3 is 24.7 Å². The summed E-state index contributed by atoms with van der Waals surface area (Å²) in [7, 11) is 5.48. The predicted molar refractivity (Wildman–Crippen MR) is 99.2 cm³/mol. The monoisotopic (exact) mass is 342 g/mol. The van der Waals surface area contributed by atoms with Gasteiger partial charge in [0.05, 0.1) is 7.11 Å². The van der Waals surface area contributed by atoms with E-state index in [0.29, 0.717) is 6.54 Å². The highest BCUT2D eigenvalue weighted by Crippen LogP contribution is 2.34. The number of benzene rings is 1. The lowest BCUT2D eigenvalue weighted by Gasteiger charge is -2.14. The van der Waals surface area contributed by atoms with Crippen LogP contribution in [-0.2, 0) is 26.6 Å². The number of aromatic nitrogens is 1. The van der Waals surface area contributed by atoms with Gasteiger partial charge in [-0.1, -0.05) is 0 Å². The molecule has 2 aromatic rings. The number of nitrogens with one attached hydrogen (secondary N) is 2. The largest absolute Gasteiger partial charge is 0.496 e. The fraction of sp³-hybridized carbons (Fsp3) is 0.421. The first-order valence-electron chi connectivity index (χ1n) is 8.51. The van der Waals surface area contributed by atoms with Crippen molar-refractivity contribution in [1.82, 2.24) is 15.2 Å². The summed E-state index contributed by atoms with van der Waals surface area (Å²) in [6.45, 7) is 3.42. The van der Waals surface area contributed by atoms with Crippen LogP contribution in [0, 0.1) is 0 Å². The van der Waals surface area contributed by atoms with Gasteiger partial charge in [-0.05, 0) is 30.7 Å². The van der Waals surface area contributed by atoms with Gasteiger partial charge in [0.25, 0.3) is 0 Å². The summed E-state index contributed by atoms with van der Waals surface area (Å²) < 4.78 is 13.4. The third-order valence-corrected chi connectivity index (χ3v) is 4.32. The highest BCUT2D eigenvalue weighted by Gasteiger charge is 2.21. The van der Waals surface area contributed by atoms with Gasteiger partial charge in [-0.3, -0.25) is 4.99 Å². The van der Waals surface area contributed by atoms with Gasteiger partial charge in [-0.15, -0.1) is 0 Å². The van der Waals surface area contributed by atoms with Crippen molar-refractivity contribution in [1.29, 1.82) is 0 Å². The number of hydrogen-bond acceptors (Lipinski definition) is 3. The molecule has 25 heavy (non-hydrogen) atoms. The molecule has 6 nitrogen and oxygen atoms in total. The maximum absolute atomic E-state index is 5.86. The lowest BCUT2D eigenvalue weighted by atomic mass is 10.1. The highest BCUT2D eigenvalue weighted by molar-refractivity contribution is 5.79. The Kier molecular flexibility index (Phi) is 5.16. The van der Waals surface area contributed by atoms with E-state index in [1.54, 1.807) is 14.2 Å². The Labute approximate surface area is 148 Å². The average Bonchev–Trinajstić information content (AvgIpc) is 3.18. The van der Waals surface area contributed by atoms with E-state index in [0.717, 1.165) is 36.0 Å². The fourth-order valence-electron chi connectivity index (χ4n) is 3.06. The second-order valence-corrected chi connectivity index (χ2v) is 6.37. The van der Waals surface area contributed by atoms with E-state index < -0.39 is 0 Å². The summed E-state index contributed by atoms with van der Waals surface area (Å²) >= 11 is 0. The molecule has 0 spiro atoms. The van der Waals surface area contributed by atoms with Gasteiger partial charge in [-0.25, -0.2) is 0 Å². The first-order chi connectivity index (χ1) is 12.1. The number of ether oxygens (including phenoxy) is 2. The molecule has 0 saturated carbocycles. The lowest BCUT2D eigenvalue weighted by Crippen LogP contribution is -2.36. The summed E-state index contributed by atoms with van der Waals surface area (Å²) in [5.41, 5.74) is 3.47. The van der Waals surface area contributed by atoms with E-state index >= 15 is 0 Å². The second kappa shape index (κ2) is 7.51. The van der Waals surface area contributed by atoms with Gasteiger partial charge in [0.15, 0.2) is 5.96 Å². The molecule has 1 aliphatic heterocycles. The number of fused-ring (bicyclic) bond motifs is 1. The topological polar surface area (TPSA) is 59.8 Å². The number of aryl methyl sites for hydroxylation is 1. The van der Waals surface area contributed by atoms with Crippen molar-refractivity contribution >= 4 is 5.96 Å². The fourth-order valence-corrected chi connectivity index (χ4v) is 3.06. The number of nitrogens with zero attached hydrogens (tertiary/aromatic N) is 2. The summed E-state index contributed by atoms with van der Waals surface area (Å²) in [4.78, 5) is 4.28. The van der Waals surface area contributed by atoms with Gasteiger partial charge in [0.1, 0.15) is 17.6 Å². The maximum Gasteiger partial charge on any atom is 0.191 e. The quantitative estimate of drug-likeness (QED) is 0.646. The average molecular weight is 342 g/mol. The smallest absolute Gasteiger partial charge is 0.191 e. The molecule has 0 fully saturated rings. The van der Waals surface area contributed by atoms with Gasteiger partial charge in [0, 0.05) is 57.1 Å². The van der Waals surface area contributed by atoms with Crippen molar-refractivity contribution < 1.29 is 9.47 Å². The van der Waals surface area contributed by atoms with Crippen LogP contribution in [0.1, 0.15) is 23.6 Å². The number of aliphatic imine (C=N–C) groups is 1. The molecular weight excluding hydrogens is 316 g/mol. The van der Waals surface area contributed by atoms with Crippen molar-refractivity contribution in [3.63, 3.8) is 0 Å². The Morgan fingerprint density at radius 2 is 2.16 bits per heavy atom. The van der Waals surface area contributed by atoms with E-state index in [4.69, 9.17) is 9.47 Å². The zero-order valence-electron chi connectivity index (χ0n) is 15.3. The third-order valence-electron chi connectivity index (χ3n) is 4.32. The number of hydrogen-bond donors (Lipinski definition) is 2. The number of rotatable bonds is 5. The molecule has 0 saturated heterocycles. The Hall–Kier alpha value is -2.63. The predicted octanol–water partition coefficient (Wildman–Crippen LogP) is 2.22. The first kappa shape index (κ1) is 17.2. The summed E-state index contributed by atoms with van der Waals surface area (Å²) in [6.07, 6.45) is 5.27. The first-order valence-corrected chi connectivity index (χ1v) is 8.51. The molecule has 0 amide bonds. The van der Waals surface area contributed by atoms with Crippen LogP contribution in [0.4, 0.5) is 0 Å². The normalized spacial score (nSPS) is 16.3. The Morgan fingerprint density at radius 1 is 1.36 bits per heavy atom. The SMILES string of the molecule is CN=C(NCc1ccn(C)c1)NCc1cc2c(cc1OC)CC(C)O2. The Bertz CT molecular complexity index is 767. The van der Waals surface area contributed by atoms with Crippen LogP contribution in [0.3, 0.4) is 0 Å². The summed E-state index contributed by atoms with van der Waals surface area (Å²) in [6, 6.07) is 6.23. The second-order valence-electron chi connectivity index (χ2n) is 6.37. The van der Waals surface area contributed by atoms with Gasteiger partial charge >= 0.3 is 0 Å². The minimum atomic E-state index is 0.225. The molecule has 1 atom stereocenters.